The largest absolute Gasteiger partial charge is 0.381 e. The summed E-state index contributed by atoms with van der Waals surface area (Å²) in [6, 6.07) is 5.84. The minimum Gasteiger partial charge on any atom is -0.381 e. The van der Waals surface area contributed by atoms with Gasteiger partial charge in [0, 0.05) is 21.6 Å². The van der Waals surface area contributed by atoms with E-state index in [1.807, 2.05) is 24.4 Å². The zero-order chi connectivity index (χ0) is 10.1. The van der Waals surface area contributed by atoms with Gasteiger partial charge in [-0.25, -0.2) is 0 Å². The molecular formula is C11H13NOS. The van der Waals surface area contributed by atoms with Crippen LogP contribution in [-0.4, -0.2) is 10.1 Å². The summed E-state index contributed by atoms with van der Waals surface area (Å²) in [5, 5.41) is 10.00. The molecule has 14 heavy (non-hydrogen) atoms. The summed E-state index contributed by atoms with van der Waals surface area (Å²) in [5.74, 6) is 0. The fourth-order valence-corrected chi connectivity index (χ4v) is 2.45. The zero-order valence-corrected chi connectivity index (χ0v) is 9.06. The average molecular weight is 207 g/mol. The first-order valence-corrected chi connectivity index (χ1v) is 5.38. The Bertz CT molecular complexity index is 397. The van der Waals surface area contributed by atoms with E-state index in [0.29, 0.717) is 0 Å². The maximum Gasteiger partial charge on any atom is 0.128 e. The molecule has 0 aliphatic rings. The molecule has 0 saturated heterocycles. The molecule has 0 fully saturated rings. The van der Waals surface area contributed by atoms with Crippen LogP contribution in [0.25, 0.3) is 0 Å². The highest BCUT2D eigenvalue weighted by Gasteiger charge is 2.14. The first-order chi connectivity index (χ1) is 6.68. The summed E-state index contributed by atoms with van der Waals surface area (Å²) in [5.41, 5.74) is 2.10. The summed E-state index contributed by atoms with van der Waals surface area (Å²) in [6.45, 7) is 4.14. The van der Waals surface area contributed by atoms with Crippen LogP contribution in [0.3, 0.4) is 0 Å². The Morgan fingerprint density at radius 3 is 2.71 bits per heavy atom. The highest BCUT2D eigenvalue weighted by atomic mass is 32.1. The van der Waals surface area contributed by atoms with Gasteiger partial charge in [-0.2, -0.15) is 0 Å². The highest BCUT2D eigenvalue weighted by molar-refractivity contribution is 7.12. The Kier molecular flexibility index (Phi) is 2.44. The SMILES string of the molecule is Cc1cc(C(O)c2ccc[nH]2)sc1C. The van der Waals surface area contributed by atoms with Crippen LogP contribution in [0.1, 0.15) is 27.1 Å². The second kappa shape index (κ2) is 3.59. The zero-order valence-electron chi connectivity index (χ0n) is 8.24. The van der Waals surface area contributed by atoms with E-state index in [4.69, 9.17) is 0 Å². The van der Waals surface area contributed by atoms with Crippen molar-refractivity contribution in [2.45, 2.75) is 20.0 Å². The van der Waals surface area contributed by atoms with Crippen LogP contribution in [0.5, 0.6) is 0 Å². The van der Waals surface area contributed by atoms with Gasteiger partial charge in [0.05, 0.1) is 0 Å². The maximum atomic E-state index is 10.00. The average Bonchev–Trinajstić information content (AvgIpc) is 2.76. The number of nitrogens with one attached hydrogen (secondary N) is 1. The molecule has 2 N–H and O–H groups in total. The normalized spacial score (nSPS) is 13.1. The smallest absolute Gasteiger partial charge is 0.128 e. The minimum absolute atomic E-state index is 0.512. The fourth-order valence-electron chi connectivity index (χ4n) is 1.40. The number of hydrogen-bond donors (Lipinski definition) is 2. The molecule has 2 aromatic heterocycles. The lowest BCUT2D eigenvalue weighted by Gasteiger charge is -2.04. The third-order valence-electron chi connectivity index (χ3n) is 2.37. The molecular weight excluding hydrogens is 194 g/mol. The Hall–Kier alpha value is -1.06. The second-order valence-electron chi connectivity index (χ2n) is 3.42. The van der Waals surface area contributed by atoms with E-state index < -0.39 is 6.10 Å². The Morgan fingerprint density at radius 2 is 2.21 bits per heavy atom. The molecule has 2 nitrogen and oxygen atoms in total. The third-order valence-corrected chi connectivity index (χ3v) is 3.58. The Labute approximate surface area is 87.2 Å². The summed E-state index contributed by atoms with van der Waals surface area (Å²) in [4.78, 5) is 5.29. The van der Waals surface area contributed by atoms with Gasteiger partial charge < -0.3 is 10.1 Å². The molecule has 0 aliphatic heterocycles. The molecule has 0 aromatic carbocycles. The van der Waals surface area contributed by atoms with Crippen LogP contribution >= 0.6 is 11.3 Å². The lowest BCUT2D eigenvalue weighted by atomic mass is 10.2. The van der Waals surface area contributed by atoms with E-state index in [2.05, 4.69) is 18.8 Å². The maximum absolute atomic E-state index is 10.00. The van der Waals surface area contributed by atoms with Gasteiger partial charge in [-0.3, -0.25) is 0 Å². The standard InChI is InChI=1S/C11H13NOS/c1-7-6-10(14-8(7)2)11(13)9-4-3-5-12-9/h3-6,11-13H,1-2H3. The number of aliphatic hydroxyl groups excluding tert-OH is 1. The van der Waals surface area contributed by atoms with Crippen LogP contribution in [-0.2, 0) is 0 Å². The van der Waals surface area contributed by atoms with Crippen molar-refractivity contribution in [3.8, 4) is 0 Å². The molecule has 3 heteroatoms. The van der Waals surface area contributed by atoms with E-state index in [9.17, 15) is 5.11 Å². The van der Waals surface area contributed by atoms with Crippen molar-refractivity contribution in [1.29, 1.82) is 0 Å². The highest BCUT2D eigenvalue weighted by Crippen LogP contribution is 2.29. The van der Waals surface area contributed by atoms with Gasteiger partial charge in [0.15, 0.2) is 0 Å². The number of aromatic nitrogens is 1. The van der Waals surface area contributed by atoms with Crippen molar-refractivity contribution in [3.63, 3.8) is 0 Å². The quantitative estimate of drug-likeness (QED) is 0.780. The van der Waals surface area contributed by atoms with Gasteiger partial charge in [-0.1, -0.05) is 0 Å². The molecule has 74 valence electrons. The van der Waals surface area contributed by atoms with Gasteiger partial charge in [0.1, 0.15) is 6.10 Å². The first kappa shape index (κ1) is 9.49. The van der Waals surface area contributed by atoms with Crippen molar-refractivity contribution in [2.75, 3.05) is 0 Å². The number of aliphatic hydroxyl groups is 1. The van der Waals surface area contributed by atoms with Crippen molar-refractivity contribution in [2.24, 2.45) is 0 Å². The number of hydrogen-bond acceptors (Lipinski definition) is 2. The molecule has 1 atom stereocenters. The molecule has 0 saturated carbocycles. The summed E-state index contributed by atoms with van der Waals surface area (Å²) >= 11 is 1.65. The molecule has 1 unspecified atom stereocenters. The third kappa shape index (κ3) is 1.61. The Morgan fingerprint density at radius 1 is 1.43 bits per heavy atom. The van der Waals surface area contributed by atoms with Gasteiger partial charge in [0.2, 0.25) is 0 Å². The number of H-pyrrole nitrogens is 1. The van der Waals surface area contributed by atoms with Gasteiger partial charge in [-0.05, 0) is 37.6 Å². The van der Waals surface area contributed by atoms with Crippen molar-refractivity contribution in [3.05, 3.63) is 45.4 Å². The van der Waals surface area contributed by atoms with E-state index in [1.54, 1.807) is 11.3 Å². The van der Waals surface area contributed by atoms with Crippen LogP contribution in [0, 0.1) is 13.8 Å². The van der Waals surface area contributed by atoms with Crippen molar-refractivity contribution in [1.82, 2.24) is 4.98 Å². The minimum atomic E-state index is -0.512. The molecule has 0 radical (unpaired) electrons. The van der Waals surface area contributed by atoms with E-state index in [0.717, 1.165) is 10.6 Å². The Balaban J connectivity index is 2.32. The van der Waals surface area contributed by atoms with E-state index in [-0.39, 0.29) is 0 Å². The van der Waals surface area contributed by atoms with Crippen molar-refractivity contribution >= 4 is 11.3 Å². The number of aromatic amines is 1. The summed E-state index contributed by atoms with van der Waals surface area (Å²) < 4.78 is 0. The molecule has 0 bridgehead atoms. The van der Waals surface area contributed by atoms with Crippen LogP contribution in [0.4, 0.5) is 0 Å². The lowest BCUT2D eigenvalue weighted by Crippen LogP contribution is -1.96. The topological polar surface area (TPSA) is 36.0 Å². The molecule has 0 aliphatic carbocycles. The van der Waals surface area contributed by atoms with E-state index >= 15 is 0 Å². The van der Waals surface area contributed by atoms with E-state index in [1.165, 1.54) is 10.4 Å². The first-order valence-electron chi connectivity index (χ1n) is 4.57. The molecule has 0 spiro atoms. The predicted molar refractivity (Wildman–Crippen MR) is 58.6 cm³/mol. The summed E-state index contributed by atoms with van der Waals surface area (Å²) in [7, 11) is 0. The fraction of sp³-hybridized carbons (Fsp3) is 0.273. The van der Waals surface area contributed by atoms with Gasteiger partial charge in [0.25, 0.3) is 0 Å². The van der Waals surface area contributed by atoms with Crippen LogP contribution < -0.4 is 0 Å². The molecule has 0 amide bonds. The van der Waals surface area contributed by atoms with Gasteiger partial charge in [-0.15, -0.1) is 11.3 Å². The van der Waals surface area contributed by atoms with Crippen molar-refractivity contribution < 1.29 is 5.11 Å². The lowest BCUT2D eigenvalue weighted by molar-refractivity contribution is 0.220. The number of thiophene rings is 1. The monoisotopic (exact) mass is 207 g/mol. The van der Waals surface area contributed by atoms with Crippen LogP contribution in [0.15, 0.2) is 24.4 Å². The number of aryl methyl sites for hydroxylation is 2. The molecule has 2 rings (SSSR count). The van der Waals surface area contributed by atoms with Gasteiger partial charge >= 0.3 is 0 Å². The number of rotatable bonds is 2. The summed E-state index contributed by atoms with van der Waals surface area (Å²) in [6.07, 6.45) is 1.31. The van der Waals surface area contributed by atoms with Crippen LogP contribution in [0.2, 0.25) is 0 Å². The predicted octanol–water partition coefficient (Wildman–Crippen LogP) is 2.77. The second-order valence-corrected chi connectivity index (χ2v) is 4.70. The molecule has 2 aromatic rings. The molecule has 2 heterocycles.